The van der Waals surface area contributed by atoms with E-state index in [4.69, 9.17) is 32.7 Å². The molecule has 1 N–H and O–H groups in total. The van der Waals surface area contributed by atoms with E-state index in [-0.39, 0.29) is 22.0 Å². The Morgan fingerprint density at radius 1 is 1.03 bits per heavy atom. The van der Waals surface area contributed by atoms with Crippen LogP contribution in [0.5, 0.6) is 0 Å². The highest BCUT2D eigenvalue weighted by atomic mass is 35.5. The molecular weight excluding hydrogens is 503 g/mol. The van der Waals surface area contributed by atoms with Crippen molar-refractivity contribution in [2.24, 2.45) is 0 Å². The molecular formula is C26H26Cl2N4O4. The maximum atomic E-state index is 12.7. The zero-order valence-corrected chi connectivity index (χ0v) is 21.4. The fraction of sp³-hybridized carbons (Fsp3) is 0.231. The van der Waals surface area contributed by atoms with Crippen molar-refractivity contribution in [3.8, 4) is 0 Å². The van der Waals surface area contributed by atoms with Crippen molar-refractivity contribution in [3.05, 3.63) is 88.2 Å². The third kappa shape index (κ3) is 7.27. The SMILES string of the molecule is COCCN(c1ccc(/C=C/CC(NC(=O)c2c(Cl)cccc2Cl)C(=O)OC)cc1)c1ncccn1. The summed E-state index contributed by atoms with van der Waals surface area (Å²) in [6.07, 6.45) is 7.23. The molecule has 1 heterocycles. The number of esters is 1. The zero-order chi connectivity index (χ0) is 25.9. The first kappa shape index (κ1) is 27.1. The van der Waals surface area contributed by atoms with Gasteiger partial charge in [0.25, 0.3) is 5.91 Å². The van der Waals surface area contributed by atoms with E-state index >= 15 is 0 Å². The van der Waals surface area contributed by atoms with E-state index in [1.165, 1.54) is 7.11 Å². The molecule has 0 radical (unpaired) electrons. The highest BCUT2D eigenvalue weighted by Crippen LogP contribution is 2.25. The van der Waals surface area contributed by atoms with Crippen LogP contribution in [0.25, 0.3) is 6.08 Å². The Kier molecular flexibility index (Phi) is 10.2. The summed E-state index contributed by atoms with van der Waals surface area (Å²) in [5.41, 5.74) is 1.92. The second-order valence-corrected chi connectivity index (χ2v) is 8.38. The van der Waals surface area contributed by atoms with E-state index in [1.807, 2.05) is 35.2 Å². The smallest absolute Gasteiger partial charge is 0.328 e. The zero-order valence-electron chi connectivity index (χ0n) is 19.9. The molecule has 36 heavy (non-hydrogen) atoms. The maximum absolute atomic E-state index is 12.7. The third-order valence-electron chi connectivity index (χ3n) is 5.18. The van der Waals surface area contributed by atoms with Gasteiger partial charge in [0.1, 0.15) is 6.04 Å². The number of benzene rings is 2. The Morgan fingerprint density at radius 3 is 2.31 bits per heavy atom. The quantitative estimate of drug-likeness (QED) is 0.352. The monoisotopic (exact) mass is 528 g/mol. The van der Waals surface area contributed by atoms with Crippen LogP contribution in [0.4, 0.5) is 11.6 Å². The predicted octanol–water partition coefficient (Wildman–Crippen LogP) is 4.94. The lowest BCUT2D eigenvalue weighted by Crippen LogP contribution is -2.41. The molecule has 188 valence electrons. The largest absolute Gasteiger partial charge is 0.467 e. The summed E-state index contributed by atoms with van der Waals surface area (Å²) < 4.78 is 10.1. The molecule has 1 aromatic heterocycles. The Balaban J connectivity index is 1.69. The van der Waals surface area contributed by atoms with Gasteiger partial charge in [0.2, 0.25) is 5.95 Å². The van der Waals surface area contributed by atoms with Crippen molar-refractivity contribution in [2.45, 2.75) is 12.5 Å². The first-order chi connectivity index (χ1) is 17.4. The van der Waals surface area contributed by atoms with E-state index in [0.717, 1.165) is 11.3 Å². The van der Waals surface area contributed by atoms with Crippen LogP contribution in [-0.2, 0) is 14.3 Å². The number of methoxy groups -OCH3 is 2. The van der Waals surface area contributed by atoms with Crippen molar-refractivity contribution in [1.82, 2.24) is 15.3 Å². The van der Waals surface area contributed by atoms with E-state index < -0.39 is 17.9 Å². The van der Waals surface area contributed by atoms with Gasteiger partial charge in [0, 0.05) is 31.7 Å². The summed E-state index contributed by atoms with van der Waals surface area (Å²) in [5.74, 6) is -0.561. The number of ether oxygens (including phenoxy) is 2. The van der Waals surface area contributed by atoms with Gasteiger partial charge in [-0.25, -0.2) is 14.8 Å². The number of aromatic nitrogens is 2. The van der Waals surface area contributed by atoms with Crippen LogP contribution in [0, 0.1) is 0 Å². The lowest BCUT2D eigenvalue weighted by atomic mass is 10.1. The summed E-state index contributed by atoms with van der Waals surface area (Å²) in [6.45, 7) is 1.10. The van der Waals surface area contributed by atoms with Crippen LogP contribution in [0.1, 0.15) is 22.3 Å². The number of carbonyl (C=O) groups is 2. The molecule has 0 spiro atoms. The van der Waals surface area contributed by atoms with Crippen LogP contribution in [0.2, 0.25) is 10.0 Å². The number of amides is 1. The number of nitrogens with one attached hydrogen (secondary N) is 1. The van der Waals surface area contributed by atoms with E-state index in [0.29, 0.717) is 19.1 Å². The minimum Gasteiger partial charge on any atom is -0.467 e. The molecule has 0 saturated heterocycles. The van der Waals surface area contributed by atoms with Gasteiger partial charge >= 0.3 is 5.97 Å². The molecule has 2 aromatic carbocycles. The normalized spacial score (nSPS) is 11.8. The summed E-state index contributed by atoms with van der Waals surface area (Å²) in [7, 11) is 2.91. The first-order valence-corrected chi connectivity index (χ1v) is 11.8. The van der Waals surface area contributed by atoms with E-state index in [2.05, 4.69) is 15.3 Å². The molecule has 0 aliphatic heterocycles. The Bertz CT molecular complexity index is 1170. The standard InChI is InChI=1S/C26H26Cl2N4O4/c1-35-17-16-32(26-29-14-5-15-30-26)19-12-10-18(11-13-19)6-3-9-22(25(34)36-2)31-24(33)23-20(27)7-4-8-21(23)28/h3-8,10-15,22H,9,16-17H2,1-2H3,(H,31,33)/b6-3+. The topological polar surface area (TPSA) is 93.7 Å². The lowest BCUT2D eigenvalue weighted by molar-refractivity contribution is -0.142. The molecule has 10 heteroatoms. The summed E-state index contributed by atoms with van der Waals surface area (Å²) in [5, 5.41) is 3.04. The van der Waals surface area contributed by atoms with E-state index in [9.17, 15) is 9.59 Å². The molecule has 1 unspecified atom stereocenters. The van der Waals surface area contributed by atoms with Gasteiger partial charge in [0.15, 0.2) is 0 Å². The highest BCUT2D eigenvalue weighted by molar-refractivity contribution is 6.39. The summed E-state index contributed by atoms with van der Waals surface area (Å²) >= 11 is 12.2. The number of rotatable bonds is 11. The molecule has 0 bridgehead atoms. The Hall–Kier alpha value is -3.46. The number of hydrogen-bond donors (Lipinski definition) is 1. The fourth-order valence-corrected chi connectivity index (χ4v) is 3.93. The van der Waals surface area contributed by atoms with Gasteiger partial charge < -0.3 is 19.7 Å². The van der Waals surface area contributed by atoms with Crippen LogP contribution < -0.4 is 10.2 Å². The molecule has 0 saturated carbocycles. The molecule has 0 aliphatic carbocycles. The average molecular weight is 529 g/mol. The number of anilines is 2. The van der Waals surface area contributed by atoms with Crippen molar-refractivity contribution in [3.63, 3.8) is 0 Å². The van der Waals surface area contributed by atoms with Gasteiger partial charge in [-0.2, -0.15) is 0 Å². The van der Waals surface area contributed by atoms with E-state index in [1.54, 1.807) is 49.8 Å². The van der Waals surface area contributed by atoms with Crippen LogP contribution in [0.15, 0.2) is 67.0 Å². The number of hydrogen-bond acceptors (Lipinski definition) is 7. The lowest BCUT2D eigenvalue weighted by Gasteiger charge is -2.22. The molecule has 3 rings (SSSR count). The predicted molar refractivity (Wildman–Crippen MR) is 141 cm³/mol. The summed E-state index contributed by atoms with van der Waals surface area (Å²) in [6, 6.07) is 13.4. The van der Waals surface area contributed by atoms with Crippen molar-refractivity contribution in [1.29, 1.82) is 0 Å². The van der Waals surface area contributed by atoms with Gasteiger partial charge in [-0.15, -0.1) is 0 Å². The number of carbonyl (C=O) groups excluding carboxylic acids is 2. The third-order valence-corrected chi connectivity index (χ3v) is 5.81. The Morgan fingerprint density at radius 2 is 1.69 bits per heavy atom. The molecule has 1 atom stereocenters. The highest BCUT2D eigenvalue weighted by Gasteiger charge is 2.23. The van der Waals surface area contributed by atoms with Crippen molar-refractivity contribution in [2.75, 3.05) is 32.3 Å². The minimum atomic E-state index is -0.912. The molecule has 8 nitrogen and oxygen atoms in total. The number of nitrogens with zero attached hydrogens (tertiary/aromatic N) is 3. The van der Waals surface area contributed by atoms with Gasteiger partial charge in [-0.3, -0.25) is 4.79 Å². The fourth-order valence-electron chi connectivity index (χ4n) is 3.36. The first-order valence-electron chi connectivity index (χ1n) is 11.1. The molecule has 0 fully saturated rings. The van der Waals surface area contributed by atoms with Crippen LogP contribution in [0.3, 0.4) is 0 Å². The van der Waals surface area contributed by atoms with Crippen molar-refractivity contribution < 1.29 is 19.1 Å². The van der Waals surface area contributed by atoms with Gasteiger partial charge in [-0.05, 0) is 42.3 Å². The van der Waals surface area contributed by atoms with Crippen molar-refractivity contribution >= 4 is 52.8 Å². The van der Waals surface area contributed by atoms with Gasteiger partial charge in [-0.1, -0.05) is 53.6 Å². The number of halogens is 2. The van der Waals surface area contributed by atoms with Crippen LogP contribution in [-0.4, -0.2) is 55.3 Å². The van der Waals surface area contributed by atoms with Gasteiger partial charge in [0.05, 0.1) is 29.3 Å². The Labute approximate surface area is 219 Å². The molecule has 3 aromatic rings. The molecule has 0 aliphatic rings. The average Bonchev–Trinajstić information content (AvgIpc) is 2.89. The van der Waals surface area contributed by atoms with Crippen LogP contribution >= 0.6 is 23.2 Å². The summed E-state index contributed by atoms with van der Waals surface area (Å²) in [4.78, 5) is 35.6. The second-order valence-electron chi connectivity index (χ2n) is 7.57. The maximum Gasteiger partial charge on any atom is 0.328 e. The second kappa shape index (κ2) is 13.6. The molecule has 1 amide bonds. The minimum absolute atomic E-state index is 0.106.